The van der Waals surface area contributed by atoms with E-state index in [9.17, 15) is 23.3 Å². The Morgan fingerprint density at radius 1 is 0.893 bits per heavy atom. The zero-order valence-electron chi connectivity index (χ0n) is 14.1. The molecule has 0 aliphatic heterocycles. The average Bonchev–Trinajstić information content (AvgIpc) is 2.66. The van der Waals surface area contributed by atoms with Crippen LogP contribution in [0.2, 0.25) is 0 Å². The largest absolute Gasteiger partial charge is 0.418 e. The molecule has 3 N–H and O–H groups in total. The van der Waals surface area contributed by atoms with Gasteiger partial charge in [-0.2, -0.15) is 13.2 Å². The Hall–Kier alpha value is -3.89. The number of nitrogens with one attached hydrogen (secondary N) is 3. The summed E-state index contributed by atoms with van der Waals surface area (Å²) in [7, 11) is 0. The van der Waals surface area contributed by atoms with Crippen molar-refractivity contribution in [3.63, 3.8) is 0 Å². The Labute approximate surface area is 156 Å². The van der Waals surface area contributed by atoms with Crippen molar-refractivity contribution < 1.29 is 18.1 Å². The summed E-state index contributed by atoms with van der Waals surface area (Å²) in [5, 5.41) is 13.9. The van der Waals surface area contributed by atoms with Crippen LogP contribution in [0.5, 0.6) is 0 Å². The molecule has 0 saturated carbocycles. The Balaban J connectivity index is 1.93. The normalized spacial score (nSPS) is 11.0. The van der Waals surface area contributed by atoms with E-state index in [4.69, 9.17) is 0 Å². The van der Waals surface area contributed by atoms with E-state index >= 15 is 0 Å². The predicted molar refractivity (Wildman–Crippen MR) is 97.1 cm³/mol. The molecular formula is C17H13F3N6O2. The zero-order chi connectivity index (χ0) is 20.1. The molecule has 1 aromatic heterocycles. The fraction of sp³-hybridized carbons (Fsp3) is 0.0588. The van der Waals surface area contributed by atoms with Crippen molar-refractivity contribution in [1.82, 2.24) is 9.97 Å². The highest BCUT2D eigenvalue weighted by Gasteiger charge is 2.34. The van der Waals surface area contributed by atoms with Crippen LogP contribution in [0.4, 0.5) is 41.9 Å². The summed E-state index contributed by atoms with van der Waals surface area (Å²) in [5.41, 5.74) is 3.97. The number of alkyl halides is 3. The average molecular weight is 390 g/mol. The minimum absolute atomic E-state index is 0.212. The van der Waals surface area contributed by atoms with Crippen LogP contribution in [0, 0.1) is 10.1 Å². The van der Waals surface area contributed by atoms with Gasteiger partial charge in [-0.3, -0.25) is 21.0 Å². The van der Waals surface area contributed by atoms with Gasteiger partial charge in [-0.25, -0.2) is 9.97 Å². The monoisotopic (exact) mass is 390 g/mol. The third kappa shape index (κ3) is 4.26. The molecule has 3 rings (SSSR count). The number of halogens is 3. The van der Waals surface area contributed by atoms with E-state index in [1.165, 1.54) is 12.1 Å². The van der Waals surface area contributed by atoms with Crippen LogP contribution >= 0.6 is 0 Å². The molecule has 0 amide bonds. The van der Waals surface area contributed by atoms with E-state index in [-0.39, 0.29) is 17.3 Å². The SMILES string of the molecule is O=[N+]([O-])c1c(NNc2ccccc2)ncnc1Nc1ccccc1C(F)(F)F. The molecule has 0 unspecified atom stereocenters. The number of hydrazine groups is 1. The summed E-state index contributed by atoms with van der Waals surface area (Å²) in [4.78, 5) is 18.3. The van der Waals surface area contributed by atoms with Crippen LogP contribution in [0.15, 0.2) is 60.9 Å². The van der Waals surface area contributed by atoms with Crippen molar-refractivity contribution in [2.45, 2.75) is 6.18 Å². The van der Waals surface area contributed by atoms with Crippen molar-refractivity contribution in [2.75, 3.05) is 16.2 Å². The van der Waals surface area contributed by atoms with Crippen LogP contribution in [0.1, 0.15) is 5.56 Å². The van der Waals surface area contributed by atoms with E-state index in [0.717, 1.165) is 18.5 Å². The number of benzene rings is 2. The summed E-state index contributed by atoms with van der Waals surface area (Å²) in [5.74, 6) is -0.593. The highest BCUT2D eigenvalue weighted by molar-refractivity contribution is 5.75. The van der Waals surface area contributed by atoms with Crippen molar-refractivity contribution in [2.24, 2.45) is 0 Å². The molecule has 0 radical (unpaired) electrons. The first-order valence-corrected chi connectivity index (χ1v) is 7.86. The lowest BCUT2D eigenvalue weighted by molar-refractivity contribution is -0.383. The molecule has 8 nitrogen and oxygen atoms in total. The van der Waals surface area contributed by atoms with Crippen LogP contribution in [-0.4, -0.2) is 14.9 Å². The maximum absolute atomic E-state index is 13.2. The highest BCUT2D eigenvalue weighted by atomic mass is 19.4. The molecule has 0 aliphatic rings. The quantitative estimate of drug-likeness (QED) is 0.418. The summed E-state index contributed by atoms with van der Waals surface area (Å²) >= 11 is 0. The first kappa shape index (κ1) is 18.9. The smallest absolute Gasteiger partial charge is 0.334 e. The fourth-order valence-corrected chi connectivity index (χ4v) is 2.35. The van der Waals surface area contributed by atoms with Gasteiger partial charge in [0.2, 0.25) is 11.6 Å². The predicted octanol–water partition coefficient (Wildman–Crippen LogP) is 4.59. The Morgan fingerprint density at radius 2 is 1.54 bits per heavy atom. The number of anilines is 4. The molecule has 0 aliphatic carbocycles. The number of para-hydroxylation sites is 2. The van der Waals surface area contributed by atoms with Gasteiger partial charge in [-0.05, 0) is 24.3 Å². The zero-order valence-corrected chi connectivity index (χ0v) is 14.1. The van der Waals surface area contributed by atoms with Crippen molar-refractivity contribution >= 4 is 28.7 Å². The third-order valence-electron chi connectivity index (χ3n) is 3.59. The molecule has 3 aromatic rings. The van der Waals surface area contributed by atoms with Gasteiger partial charge in [-0.15, -0.1) is 0 Å². The van der Waals surface area contributed by atoms with Crippen molar-refractivity contribution in [3.8, 4) is 0 Å². The number of hydrogen-bond acceptors (Lipinski definition) is 7. The fourth-order valence-electron chi connectivity index (χ4n) is 2.35. The van der Waals surface area contributed by atoms with Gasteiger partial charge < -0.3 is 5.32 Å². The van der Waals surface area contributed by atoms with Gasteiger partial charge >= 0.3 is 11.9 Å². The first-order chi connectivity index (χ1) is 13.4. The molecule has 144 valence electrons. The second-order valence-corrected chi connectivity index (χ2v) is 5.46. The molecule has 28 heavy (non-hydrogen) atoms. The van der Waals surface area contributed by atoms with Gasteiger partial charge in [0, 0.05) is 0 Å². The number of nitro groups is 1. The minimum atomic E-state index is -4.64. The lowest BCUT2D eigenvalue weighted by atomic mass is 10.1. The van der Waals surface area contributed by atoms with Gasteiger partial charge in [0.25, 0.3) is 0 Å². The molecule has 2 aromatic carbocycles. The lowest BCUT2D eigenvalue weighted by Gasteiger charge is -2.15. The second kappa shape index (κ2) is 7.78. The maximum atomic E-state index is 13.2. The van der Waals surface area contributed by atoms with Crippen molar-refractivity contribution in [3.05, 3.63) is 76.6 Å². The van der Waals surface area contributed by atoms with Crippen LogP contribution in [-0.2, 0) is 6.18 Å². The van der Waals surface area contributed by atoms with E-state index in [1.54, 1.807) is 30.3 Å². The van der Waals surface area contributed by atoms with Crippen LogP contribution in [0.25, 0.3) is 0 Å². The van der Waals surface area contributed by atoms with Gasteiger partial charge in [-0.1, -0.05) is 30.3 Å². The van der Waals surface area contributed by atoms with E-state index in [0.29, 0.717) is 5.69 Å². The summed E-state index contributed by atoms with van der Waals surface area (Å²) < 4.78 is 39.5. The van der Waals surface area contributed by atoms with Gasteiger partial charge in [0.15, 0.2) is 0 Å². The summed E-state index contributed by atoms with van der Waals surface area (Å²) in [6.45, 7) is 0. The molecule has 0 saturated heterocycles. The minimum Gasteiger partial charge on any atom is -0.334 e. The molecule has 11 heteroatoms. The Kier molecular flexibility index (Phi) is 5.25. The number of rotatable bonds is 6. The van der Waals surface area contributed by atoms with Gasteiger partial charge in [0.1, 0.15) is 6.33 Å². The standard InChI is InChI=1S/C17H13F3N6O2/c18-17(19,20)12-8-4-5-9-13(12)23-15-14(26(27)28)16(22-10-21-15)25-24-11-6-2-1-3-7-11/h1-10,24H,(H2,21,22,23,25). The molecule has 0 bridgehead atoms. The first-order valence-electron chi connectivity index (χ1n) is 7.86. The Morgan fingerprint density at radius 3 is 2.21 bits per heavy atom. The number of nitrogens with zero attached hydrogens (tertiary/aromatic N) is 3. The molecule has 0 atom stereocenters. The number of hydrogen-bond donors (Lipinski definition) is 3. The maximum Gasteiger partial charge on any atom is 0.418 e. The molecule has 1 heterocycles. The third-order valence-corrected chi connectivity index (χ3v) is 3.59. The lowest BCUT2D eigenvalue weighted by Crippen LogP contribution is -2.14. The van der Waals surface area contributed by atoms with Crippen molar-refractivity contribution in [1.29, 1.82) is 0 Å². The van der Waals surface area contributed by atoms with E-state index in [2.05, 4.69) is 26.1 Å². The second-order valence-electron chi connectivity index (χ2n) is 5.46. The van der Waals surface area contributed by atoms with Crippen LogP contribution in [0.3, 0.4) is 0 Å². The Bertz CT molecular complexity index is 982. The molecule has 0 fully saturated rings. The topological polar surface area (TPSA) is 105 Å². The van der Waals surface area contributed by atoms with E-state index < -0.39 is 22.4 Å². The van der Waals surface area contributed by atoms with Crippen LogP contribution < -0.4 is 16.2 Å². The highest BCUT2D eigenvalue weighted by Crippen LogP contribution is 2.38. The number of aromatic nitrogens is 2. The molecule has 0 spiro atoms. The summed E-state index contributed by atoms with van der Waals surface area (Å²) in [6, 6.07) is 13.3. The summed E-state index contributed by atoms with van der Waals surface area (Å²) in [6.07, 6.45) is -3.64. The van der Waals surface area contributed by atoms with Gasteiger partial charge in [0.05, 0.1) is 21.9 Å². The molecular weight excluding hydrogens is 377 g/mol. The van der Waals surface area contributed by atoms with E-state index in [1.807, 2.05) is 0 Å².